The van der Waals surface area contributed by atoms with Crippen molar-refractivity contribution in [1.82, 2.24) is 15.1 Å². The fourth-order valence-electron chi connectivity index (χ4n) is 2.01. The molecule has 0 saturated carbocycles. The highest BCUT2D eigenvalue weighted by Crippen LogP contribution is 2.18. The van der Waals surface area contributed by atoms with Gasteiger partial charge in [0.1, 0.15) is 0 Å². The Morgan fingerprint density at radius 1 is 1.42 bits per heavy atom. The summed E-state index contributed by atoms with van der Waals surface area (Å²) in [7, 11) is 0. The van der Waals surface area contributed by atoms with E-state index in [9.17, 15) is 0 Å². The number of hydrogen-bond acceptors (Lipinski definition) is 2. The highest BCUT2D eigenvalue weighted by Gasteiger charge is 2.06. The van der Waals surface area contributed by atoms with Crippen LogP contribution in [0.25, 0.3) is 0 Å². The molecule has 1 aromatic carbocycles. The highest BCUT2D eigenvalue weighted by atomic mass is 79.9. The van der Waals surface area contributed by atoms with Crippen LogP contribution >= 0.6 is 15.9 Å². The number of halogens is 1. The second-order valence-corrected chi connectivity index (χ2v) is 5.68. The third-order valence-electron chi connectivity index (χ3n) is 3.10. The second kappa shape index (κ2) is 6.87. The lowest BCUT2D eigenvalue weighted by Gasteiger charge is -2.13. The first kappa shape index (κ1) is 14.3. The largest absolute Gasteiger partial charge is 0.306 e. The topological polar surface area (TPSA) is 29.9 Å². The minimum absolute atomic E-state index is 0.326. The summed E-state index contributed by atoms with van der Waals surface area (Å²) in [6.45, 7) is 6.17. The summed E-state index contributed by atoms with van der Waals surface area (Å²) in [6.07, 6.45) is 5.17. The lowest BCUT2D eigenvalue weighted by Crippen LogP contribution is -2.17. The molecule has 1 N–H and O–H groups in total. The van der Waals surface area contributed by atoms with Crippen molar-refractivity contribution in [1.29, 1.82) is 0 Å². The zero-order valence-corrected chi connectivity index (χ0v) is 13.0. The Balaban J connectivity index is 1.90. The van der Waals surface area contributed by atoms with E-state index >= 15 is 0 Å². The van der Waals surface area contributed by atoms with Gasteiger partial charge in [-0.05, 0) is 31.0 Å². The number of nitrogens with one attached hydrogen (secondary N) is 1. The van der Waals surface area contributed by atoms with Crippen LogP contribution in [0.15, 0.2) is 41.1 Å². The van der Waals surface area contributed by atoms with Gasteiger partial charge in [0.15, 0.2) is 0 Å². The van der Waals surface area contributed by atoms with Crippen LogP contribution in [-0.4, -0.2) is 9.78 Å². The summed E-state index contributed by atoms with van der Waals surface area (Å²) < 4.78 is 3.12. The second-order valence-electron chi connectivity index (χ2n) is 4.77. The van der Waals surface area contributed by atoms with Gasteiger partial charge in [0.25, 0.3) is 0 Å². The summed E-state index contributed by atoms with van der Waals surface area (Å²) in [6, 6.07) is 8.73. The van der Waals surface area contributed by atoms with Crippen LogP contribution in [0.5, 0.6) is 0 Å². The van der Waals surface area contributed by atoms with Crippen molar-refractivity contribution in [2.45, 2.75) is 39.4 Å². The average Bonchev–Trinajstić information content (AvgIpc) is 2.84. The summed E-state index contributed by atoms with van der Waals surface area (Å²) in [5, 5.41) is 7.86. The van der Waals surface area contributed by atoms with Crippen molar-refractivity contribution in [3.63, 3.8) is 0 Å². The molecule has 1 atom stereocenters. The van der Waals surface area contributed by atoms with Gasteiger partial charge in [-0.15, -0.1) is 0 Å². The predicted molar refractivity (Wildman–Crippen MR) is 81.9 cm³/mol. The van der Waals surface area contributed by atoms with Gasteiger partial charge in [0.2, 0.25) is 0 Å². The number of benzene rings is 1. The number of nitrogens with zero attached hydrogens (tertiary/aromatic N) is 2. The molecular weight excluding hydrogens is 302 g/mol. The quantitative estimate of drug-likeness (QED) is 0.874. The molecule has 102 valence electrons. The molecule has 2 aromatic rings. The summed E-state index contributed by atoms with van der Waals surface area (Å²) in [4.78, 5) is 0. The molecular formula is C15H20BrN3. The first-order chi connectivity index (χ1) is 9.19. The Morgan fingerprint density at radius 3 is 3.00 bits per heavy atom. The number of aromatic nitrogens is 2. The zero-order valence-electron chi connectivity index (χ0n) is 11.4. The van der Waals surface area contributed by atoms with Crippen molar-refractivity contribution in [2.24, 2.45) is 0 Å². The van der Waals surface area contributed by atoms with Crippen LogP contribution in [-0.2, 0) is 13.1 Å². The smallest absolute Gasteiger partial charge is 0.0534 e. The minimum atomic E-state index is 0.326. The van der Waals surface area contributed by atoms with E-state index in [0.29, 0.717) is 6.04 Å². The molecule has 1 aromatic heterocycles. The molecule has 0 aliphatic carbocycles. The average molecular weight is 322 g/mol. The van der Waals surface area contributed by atoms with Gasteiger partial charge in [0.05, 0.1) is 6.20 Å². The van der Waals surface area contributed by atoms with Crippen molar-refractivity contribution in [2.75, 3.05) is 0 Å². The van der Waals surface area contributed by atoms with Crippen molar-refractivity contribution < 1.29 is 0 Å². The number of hydrogen-bond donors (Lipinski definition) is 1. The van der Waals surface area contributed by atoms with Crippen LogP contribution in [0.2, 0.25) is 0 Å². The summed E-state index contributed by atoms with van der Waals surface area (Å²) in [5.74, 6) is 0. The normalized spacial score (nSPS) is 12.6. The maximum absolute atomic E-state index is 4.34. The Bertz CT molecular complexity index is 522. The lowest BCUT2D eigenvalue weighted by atomic mass is 10.1. The SMILES string of the molecule is CCCn1cc(CN[C@H](C)c2cccc(Br)c2)cn1. The zero-order chi connectivity index (χ0) is 13.7. The Labute approximate surface area is 123 Å². The van der Waals surface area contributed by atoms with E-state index in [1.165, 1.54) is 11.1 Å². The molecule has 19 heavy (non-hydrogen) atoms. The van der Waals surface area contributed by atoms with Crippen molar-refractivity contribution >= 4 is 15.9 Å². The van der Waals surface area contributed by atoms with E-state index < -0.39 is 0 Å². The van der Waals surface area contributed by atoms with E-state index in [2.05, 4.69) is 64.6 Å². The van der Waals surface area contributed by atoms with E-state index in [-0.39, 0.29) is 0 Å². The molecule has 0 bridgehead atoms. The van der Waals surface area contributed by atoms with Gasteiger partial charge < -0.3 is 5.32 Å². The van der Waals surface area contributed by atoms with Crippen LogP contribution in [0, 0.1) is 0 Å². The van der Waals surface area contributed by atoms with Gasteiger partial charge >= 0.3 is 0 Å². The third-order valence-corrected chi connectivity index (χ3v) is 3.59. The lowest BCUT2D eigenvalue weighted by molar-refractivity contribution is 0.571. The molecule has 3 nitrogen and oxygen atoms in total. The Morgan fingerprint density at radius 2 is 2.26 bits per heavy atom. The van der Waals surface area contributed by atoms with Crippen LogP contribution in [0.3, 0.4) is 0 Å². The molecule has 0 saturated heterocycles. The highest BCUT2D eigenvalue weighted by molar-refractivity contribution is 9.10. The van der Waals surface area contributed by atoms with E-state index in [1.54, 1.807) is 0 Å². The maximum atomic E-state index is 4.34. The van der Waals surface area contributed by atoms with Gasteiger partial charge in [-0.2, -0.15) is 5.10 Å². The molecule has 0 aliphatic heterocycles. The molecule has 4 heteroatoms. The van der Waals surface area contributed by atoms with Gasteiger partial charge in [-0.3, -0.25) is 4.68 Å². The molecule has 0 fully saturated rings. The first-order valence-corrected chi connectivity index (χ1v) is 7.48. The van der Waals surface area contributed by atoms with E-state index in [0.717, 1.165) is 24.0 Å². The molecule has 0 amide bonds. The van der Waals surface area contributed by atoms with Crippen LogP contribution < -0.4 is 5.32 Å². The van der Waals surface area contributed by atoms with Gasteiger partial charge in [-0.25, -0.2) is 0 Å². The minimum Gasteiger partial charge on any atom is -0.306 e. The monoisotopic (exact) mass is 321 g/mol. The van der Waals surface area contributed by atoms with Crippen molar-refractivity contribution in [3.05, 3.63) is 52.3 Å². The predicted octanol–water partition coefficient (Wildman–Crippen LogP) is 3.91. The fourth-order valence-corrected chi connectivity index (χ4v) is 2.43. The molecule has 2 rings (SSSR count). The van der Waals surface area contributed by atoms with Gasteiger partial charge in [0, 0.05) is 35.4 Å². The Kier molecular flexibility index (Phi) is 5.16. The molecule has 0 spiro atoms. The molecule has 0 radical (unpaired) electrons. The molecule has 0 unspecified atom stereocenters. The van der Waals surface area contributed by atoms with E-state index in [1.807, 2.05) is 16.9 Å². The fraction of sp³-hybridized carbons (Fsp3) is 0.400. The van der Waals surface area contributed by atoms with E-state index in [4.69, 9.17) is 0 Å². The number of aryl methyl sites for hydroxylation is 1. The standard InChI is InChI=1S/C15H20BrN3/c1-3-7-19-11-13(10-18-19)9-17-12(2)14-5-4-6-15(16)8-14/h4-6,8,10-12,17H,3,7,9H2,1-2H3/t12-/m1/s1. The third kappa shape index (κ3) is 4.18. The van der Waals surface area contributed by atoms with Crippen molar-refractivity contribution in [3.8, 4) is 0 Å². The van der Waals surface area contributed by atoms with Crippen LogP contribution in [0.1, 0.15) is 37.4 Å². The maximum Gasteiger partial charge on any atom is 0.0534 e. The molecule has 1 heterocycles. The summed E-state index contributed by atoms with van der Waals surface area (Å²) in [5.41, 5.74) is 2.52. The van der Waals surface area contributed by atoms with Gasteiger partial charge in [-0.1, -0.05) is 35.0 Å². The first-order valence-electron chi connectivity index (χ1n) is 6.69. The van der Waals surface area contributed by atoms with Crippen LogP contribution in [0.4, 0.5) is 0 Å². The summed E-state index contributed by atoms with van der Waals surface area (Å²) >= 11 is 3.51. The number of rotatable bonds is 6. The molecule has 0 aliphatic rings. The Hall–Kier alpha value is -1.13.